The highest BCUT2D eigenvalue weighted by Gasteiger charge is 2.41. The summed E-state index contributed by atoms with van der Waals surface area (Å²) < 4.78 is 6.26. The monoisotopic (exact) mass is 486 g/mol. The van der Waals surface area contributed by atoms with Crippen molar-refractivity contribution in [3.8, 4) is 0 Å². The van der Waals surface area contributed by atoms with Crippen molar-refractivity contribution in [3.05, 3.63) is 51.5 Å². The lowest BCUT2D eigenvalue weighted by Crippen LogP contribution is -2.58. The third kappa shape index (κ3) is 6.43. The van der Waals surface area contributed by atoms with E-state index >= 15 is 0 Å². The van der Waals surface area contributed by atoms with Crippen LogP contribution in [-0.2, 0) is 17.8 Å². The minimum atomic E-state index is -0.235. The predicted octanol–water partition coefficient (Wildman–Crippen LogP) is 3.07. The first-order valence-electron chi connectivity index (χ1n) is 12.2. The van der Waals surface area contributed by atoms with Crippen molar-refractivity contribution in [1.82, 2.24) is 20.1 Å². The molecule has 4 rings (SSSR count). The van der Waals surface area contributed by atoms with Crippen LogP contribution in [0, 0.1) is 12.3 Å². The molecule has 0 atom stereocenters. The van der Waals surface area contributed by atoms with E-state index in [-0.39, 0.29) is 23.5 Å². The Morgan fingerprint density at radius 3 is 2.74 bits per heavy atom. The summed E-state index contributed by atoms with van der Waals surface area (Å²) in [5, 5.41) is 15.7. The van der Waals surface area contributed by atoms with Crippen LogP contribution in [0.2, 0.25) is 0 Å². The molecule has 1 amide bonds. The zero-order chi connectivity index (χ0) is 24.2. The number of thiazole rings is 1. The normalized spacial score (nSPS) is 19.0. The SMILES string of the molecule is Cc1nc(C(=O)N2CCOC3(CCN(Cc4cccc(CNCC(C)(C)CO)c4)CC3)C2)cs1. The molecule has 2 fully saturated rings. The largest absolute Gasteiger partial charge is 0.396 e. The van der Waals surface area contributed by atoms with Gasteiger partial charge in [0, 0.05) is 56.7 Å². The molecule has 2 N–H and O–H groups in total. The van der Waals surface area contributed by atoms with Gasteiger partial charge in [0.2, 0.25) is 0 Å². The van der Waals surface area contributed by atoms with Gasteiger partial charge in [-0.15, -0.1) is 11.3 Å². The summed E-state index contributed by atoms with van der Waals surface area (Å²) in [6.45, 7) is 12.5. The van der Waals surface area contributed by atoms with Gasteiger partial charge in [-0.3, -0.25) is 9.69 Å². The van der Waals surface area contributed by atoms with Crippen LogP contribution in [-0.4, -0.2) is 77.3 Å². The fraction of sp³-hybridized carbons (Fsp3) is 0.615. The van der Waals surface area contributed by atoms with Crippen molar-refractivity contribution < 1.29 is 14.6 Å². The first-order valence-corrected chi connectivity index (χ1v) is 13.1. The molecule has 2 aliphatic rings. The van der Waals surface area contributed by atoms with Gasteiger partial charge in [0.1, 0.15) is 5.69 Å². The number of hydrogen-bond donors (Lipinski definition) is 2. The summed E-state index contributed by atoms with van der Waals surface area (Å²) in [5.41, 5.74) is 2.80. The second kappa shape index (κ2) is 10.8. The number of aliphatic hydroxyl groups is 1. The van der Waals surface area contributed by atoms with Crippen molar-refractivity contribution in [3.63, 3.8) is 0 Å². The van der Waals surface area contributed by atoms with E-state index in [1.807, 2.05) is 17.2 Å². The van der Waals surface area contributed by atoms with E-state index in [4.69, 9.17) is 4.74 Å². The van der Waals surface area contributed by atoms with Crippen LogP contribution in [0.15, 0.2) is 29.6 Å². The second-order valence-electron chi connectivity index (χ2n) is 10.5. The van der Waals surface area contributed by atoms with Gasteiger partial charge in [-0.05, 0) is 30.9 Å². The van der Waals surface area contributed by atoms with E-state index in [1.54, 1.807) is 0 Å². The summed E-state index contributed by atoms with van der Waals surface area (Å²) in [5.74, 6) is 0.0299. The molecule has 2 aromatic rings. The number of morpholine rings is 1. The topological polar surface area (TPSA) is 77.9 Å². The van der Waals surface area contributed by atoms with Crippen LogP contribution in [0.3, 0.4) is 0 Å². The number of benzene rings is 1. The number of aromatic nitrogens is 1. The maximum atomic E-state index is 12.9. The number of carbonyl (C=O) groups is 1. The van der Waals surface area contributed by atoms with Gasteiger partial charge in [0.05, 0.1) is 23.8 Å². The number of ether oxygens (including phenoxy) is 1. The Hall–Kier alpha value is -1.84. The molecule has 2 saturated heterocycles. The average Bonchev–Trinajstić information content (AvgIpc) is 3.27. The fourth-order valence-corrected chi connectivity index (χ4v) is 5.35. The smallest absolute Gasteiger partial charge is 0.273 e. The van der Waals surface area contributed by atoms with Gasteiger partial charge < -0.3 is 20.1 Å². The number of likely N-dealkylation sites (tertiary alicyclic amines) is 1. The Balaban J connectivity index is 1.28. The molecule has 0 aliphatic carbocycles. The van der Waals surface area contributed by atoms with Crippen molar-refractivity contribution >= 4 is 17.2 Å². The molecule has 3 heterocycles. The van der Waals surface area contributed by atoms with E-state index in [9.17, 15) is 9.90 Å². The van der Waals surface area contributed by atoms with Crippen molar-refractivity contribution in [2.45, 2.75) is 52.3 Å². The van der Waals surface area contributed by atoms with E-state index < -0.39 is 0 Å². The van der Waals surface area contributed by atoms with Gasteiger partial charge in [0.15, 0.2) is 0 Å². The van der Waals surface area contributed by atoms with Crippen LogP contribution in [0.5, 0.6) is 0 Å². The highest BCUT2D eigenvalue weighted by atomic mass is 32.1. The van der Waals surface area contributed by atoms with Crippen molar-refractivity contribution in [1.29, 1.82) is 0 Å². The molecular formula is C26H38N4O3S. The fourth-order valence-electron chi connectivity index (χ4n) is 4.76. The van der Waals surface area contributed by atoms with Gasteiger partial charge in [-0.1, -0.05) is 38.1 Å². The molecule has 0 radical (unpaired) electrons. The third-order valence-electron chi connectivity index (χ3n) is 6.90. The van der Waals surface area contributed by atoms with Crippen LogP contribution in [0.4, 0.5) is 0 Å². The molecule has 1 aromatic heterocycles. The zero-order valence-electron chi connectivity index (χ0n) is 20.7. The van der Waals surface area contributed by atoms with E-state index in [0.29, 0.717) is 25.4 Å². The number of aryl methyl sites for hydroxylation is 1. The number of piperidine rings is 1. The first-order chi connectivity index (χ1) is 16.3. The Kier molecular flexibility index (Phi) is 8.05. The second-order valence-corrected chi connectivity index (χ2v) is 11.6. The highest BCUT2D eigenvalue weighted by Crippen LogP contribution is 2.31. The molecule has 186 valence electrons. The van der Waals surface area contributed by atoms with E-state index in [1.165, 1.54) is 22.5 Å². The Labute approximate surface area is 207 Å². The zero-order valence-corrected chi connectivity index (χ0v) is 21.5. The number of hydrogen-bond acceptors (Lipinski definition) is 7. The van der Waals surface area contributed by atoms with Crippen LogP contribution in [0.1, 0.15) is 53.3 Å². The molecule has 0 bridgehead atoms. The van der Waals surface area contributed by atoms with Gasteiger partial charge >= 0.3 is 0 Å². The maximum Gasteiger partial charge on any atom is 0.273 e. The summed E-state index contributed by atoms with van der Waals surface area (Å²) in [7, 11) is 0. The van der Waals surface area contributed by atoms with Crippen molar-refractivity contribution in [2.24, 2.45) is 5.41 Å². The number of amides is 1. The van der Waals surface area contributed by atoms with Crippen LogP contribution in [0.25, 0.3) is 0 Å². The third-order valence-corrected chi connectivity index (χ3v) is 7.67. The molecule has 34 heavy (non-hydrogen) atoms. The number of nitrogens with one attached hydrogen (secondary N) is 1. The molecule has 1 aromatic carbocycles. The lowest BCUT2D eigenvalue weighted by Gasteiger charge is -2.47. The molecular weight excluding hydrogens is 448 g/mol. The van der Waals surface area contributed by atoms with Gasteiger partial charge in [-0.25, -0.2) is 4.98 Å². The molecule has 0 saturated carbocycles. The van der Waals surface area contributed by atoms with Gasteiger partial charge in [0.25, 0.3) is 5.91 Å². The molecule has 8 heteroatoms. The average molecular weight is 487 g/mol. The van der Waals surface area contributed by atoms with Crippen LogP contribution < -0.4 is 5.32 Å². The molecule has 0 unspecified atom stereocenters. The van der Waals surface area contributed by atoms with Crippen molar-refractivity contribution in [2.75, 3.05) is 45.9 Å². The Bertz CT molecular complexity index is 968. The summed E-state index contributed by atoms with van der Waals surface area (Å²) in [6, 6.07) is 8.75. The molecule has 1 spiro atoms. The van der Waals surface area contributed by atoms with E-state index in [0.717, 1.165) is 50.6 Å². The number of rotatable bonds is 8. The Morgan fingerprint density at radius 2 is 2.03 bits per heavy atom. The summed E-state index contributed by atoms with van der Waals surface area (Å²) >= 11 is 1.52. The summed E-state index contributed by atoms with van der Waals surface area (Å²) in [6.07, 6.45) is 1.87. The van der Waals surface area contributed by atoms with Crippen LogP contribution >= 0.6 is 11.3 Å². The number of aliphatic hydroxyl groups excluding tert-OH is 1. The standard InChI is InChI=1S/C26H38N4O3S/c1-20-28-23(16-34-20)24(32)30-11-12-33-26(18-30)7-9-29(10-8-26)15-22-6-4-5-21(13-22)14-27-17-25(2,3)19-31/h4-6,13,16,27,31H,7-12,14-15,17-19H2,1-3H3. The lowest BCUT2D eigenvalue weighted by molar-refractivity contribution is -0.128. The molecule has 7 nitrogen and oxygen atoms in total. The molecule has 2 aliphatic heterocycles. The highest BCUT2D eigenvalue weighted by molar-refractivity contribution is 7.09. The summed E-state index contributed by atoms with van der Waals surface area (Å²) in [4.78, 5) is 21.7. The first kappa shape index (κ1) is 25.3. The Morgan fingerprint density at radius 1 is 1.26 bits per heavy atom. The van der Waals surface area contributed by atoms with E-state index in [2.05, 4.69) is 53.3 Å². The van der Waals surface area contributed by atoms with Gasteiger partial charge in [-0.2, -0.15) is 0 Å². The number of carbonyl (C=O) groups excluding carboxylic acids is 1. The quantitative estimate of drug-likeness (QED) is 0.597. The lowest BCUT2D eigenvalue weighted by atomic mass is 9.89. The maximum absolute atomic E-state index is 12.9. The minimum absolute atomic E-state index is 0.0299. The predicted molar refractivity (Wildman–Crippen MR) is 135 cm³/mol. The minimum Gasteiger partial charge on any atom is -0.396 e. The number of nitrogens with zero attached hydrogens (tertiary/aromatic N) is 3.